The molecule has 0 unspecified atom stereocenters. The van der Waals surface area contributed by atoms with E-state index < -0.39 is 0 Å². The Morgan fingerprint density at radius 1 is 1.39 bits per heavy atom. The van der Waals surface area contributed by atoms with Crippen molar-refractivity contribution < 1.29 is 14.6 Å². The molecule has 0 atom stereocenters. The van der Waals surface area contributed by atoms with Gasteiger partial charge in [-0.3, -0.25) is 0 Å². The van der Waals surface area contributed by atoms with E-state index in [9.17, 15) is 9.90 Å². The van der Waals surface area contributed by atoms with Crippen LogP contribution in [0.25, 0.3) is 0 Å². The van der Waals surface area contributed by atoms with E-state index >= 15 is 0 Å². The van der Waals surface area contributed by atoms with Gasteiger partial charge in [0.25, 0.3) is 0 Å². The molecule has 7 heteroatoms. The van der Waals surface area contributed by atoms with Crippen LogP contribution in [0.1, 0.15) is 40.2 Å². The van der Waals surface area contributed by atoms with Crippen molar-refractivity contribution in [2.45, 2.75) is 26.8 Å². The van der Waals surface area contributed by atoms with E-state index in [4.69, 9.17) is 4.74 Å². The number of likely N-dealkylation sites (N-methyl/N-ethyl adjacent to an activating group) is 1. The van der Waals surface area contributed by atoms with Crippen LogP contribution in [0.3, 0.4) is 0 Å². The van der Waals surface area contributed by atoms with Crippen LogP contribution >= 0.6 is 11.3 Å². The molecular formula is C21H27N3O3S. The van der Waals surface area contributed by atoms with Gasteiger partial charge in [-0.05, 0) is 45.0 Å². The third-order valence-electron chi connectivity index (χ3n) is 5.08. The summed E-state index contributed by atoms with van der Waals surface area (Å²) in [5.41, 5.74) is 3.20. The first-order chi connectivity index (χ1) is 13.5. The topological polar surface area (TPSA) is 65.4 Å². The molecule has 0 saturated carbocycles. The first kappa shape index (κ1) is 20.4. The van der Waals surface area contributed by atoms with Crippen LogP contribution in [-0.2, 0) is 17.7 Å². The lowest BCUT2D eigenvalue weighted by Gasteiger charge is -2.22. The summed E-state index contributed by atoms with van der Waals surface area (Å²) >= 11 is 1.52. The number of phenols is 1. The van der Waals surface area contributed by atoms with Gasteiger partial charge < -0.3 is 19.6 Å². The second-order valence-corrected chi connectivity index (χ2v) is 7.92. The number of thiophene rings is 1. The van der Waals surface area contributed by atoms with E-state index in [2.05, 4.69) is 35.7 Å². The Balaban J connectivity index is 1.93. The standard InChI is InChI=1S/C21H27N3O3S/c1-5-24(6-2)15-8-7-14(17(25)11-15)12-22-20-19(21(26)27-4)16-9-10-23(3)13-18(16)28-20/h7-8,11-12,25H,5-6,9-10,13H2,1-4H3. The normalized spacial score (nSPS) is 14.3. The lowest BCUT2D eigenvalue weighted by atomic mass is 10.0. The molecule has 0 radical (unpaired) electrons. The van der Waals surface area contributed by atoms with Crippen molar-refractivity contribution in [3.8, 4) is 5.75 Å². The van der Waals surface area contributed by atoms with Crippen LogP contribution in [0.5, 0.6) is 5.75 Å². The predicted molar refractivity (Wildman–Crippen MR) is 115 cm³/mol. The van der Waals surface area contributed by atoms with Gasteiger partial charge >= 0.3 is 5.97 Å². The third kappa shape index (κ3) is 4.05. The number of carbonyl (C=O) groups is 1. The highest BCUT2D eigenvalue weighted by Gasteiger charge is 2.27. The molecule has 0 fully saturated rings. The van der Waals surface area contributed by atoms with Crippen molar-refractivity contribution in [2.75, 3.05) is 38.7 Å². The van der Waals surface area contributed by atoms with Gasteiger partial charge in [0.2, 0.25) is 0 Å². The molecule has 1 aromatic heterocycles. The summed E-state index contributed by atoms with van der Waals surface area (Å²) in [7, 11) is 3.46. The number of hydrogen-bond donors (Lipinski definition) is 1. The van der Waals surface area contributed by atoms with Crippen LogP contribution < -0.4 is 4.90 Å². The summed E-state index contributed by atoms with van der Waals surface area (Å²) in [5, 5.41) is 11.1. The molecule has 6 nitrogen and oxygen atoms in total. The van der Waals surface area contributed by atoms with E-state index in [0.29, 0.717) is 16.1 Å². The number of phenolic OH excluding ortho intramolecular Hbond substituents is 1. The van der Waals surface area contributed by atoms with Crippen molar-refractivity contribution in [1.82, 2.24) is 4.90 Å². The van der Waals surface area contributed by atoms with E-state index in [-0.39, 0.29) is 11.7 Å². The predicted octanol–water partition coefficient (Wildman–Crippen LogP) is 3.83. The molecule has 1 N–H and O–H groups in total. The number of benzene rings is 1. The number of anilines is 1. The van der Waals surface area contributed by atoms with Crippen LogP contribution in [0.2, 0.25) is 0 Å². The fourth-order valence-electron chi connectivity index (χ4n) is 3.48. The van der Waals surface area contributed by atoms with E-state index in [1.807, 2.05) is 12.1 Å². The van der Waals surface area contributed by atoms with Crippen LogP contribution in [0, 0.1) is 0 Å². The molecule has 28 heavy (non-hydrogen) atoms. The number of nitrogens with zero attached hydrogens (tertiary/aromatic N) is 3. The number of hydrogen-bond acceptors (Lipinski definition) is 7. The van der Waals surface area contributed by atoms with Gasteiger partial charge in [0.05, 0.1) is 12.7 Å². The number of methoxy groups -OCH3 is 1. The number of ether oxygens (including phenoxy) is 1. The molecular weight excluding hydrogens is 374 g/mol. The molecule has 1 aromatic carbocycles. The summed E-state index contributed by atoms with van der Waals surface area (Å²) in [6.07, 6.45) is 2.43. The number of aromatic hydroxyl groups is 1. The number of fused-ring (bicyclic) bond motifs is 1. The van der Waals surface area contributed by atoms with Crippen LogP contribution in [0.15, 0.2) is 23.2 Å². The minimum atomic E-state index is -0.352. The van der Waals surface area contributed by atoms with Crippen molar-refractivity contribution in [2.24, 2.45) is 4.99 Å². The minimum Gasteiger partial charge on any atom is -0.507 e. The SMILES string of the molecule is CCN(CC)c1ccc(C=Nc2sc3c(c2C(=O)OC)CCN(C)C3)c(O)c1. The molecule has 1 aliphatic rings. The van der Waals surface area contributed by atoms with Gasteiger partial charge in [-0.25, -0.2) is 9.79 Å². The average molecular weight is 402 g/mol. The Morgan fingerprint density at radius 2 is 2.14 bits per heavy atom. The Kier molecular flexibility index (Phi) is 6.36. The summed E-state index contributed by atoms with van der Waals surface area (Å²) < 4.78 is 5.00. The Hall–Kier alpha value is -2.38. The van der Waals surface area contributed by atoms with Crippen LogP contribution in [0.4, 0.5) is 10.7 Å². The van der Waals surface area contributed by atoms with Crippen molar-refractivity contribution in [3.63, 3.8) is 0 Å². The van der Waals surface area contributed by atoms with Gasteiger partial charge in [-0.15, -0.1) is 11.3 Å². The molecule has 2 heterocycles. The largest absolute Gasteiger partial charge is 0.507 e. The quantitative estimate of drug-likeness (QED) is 0.589. The molecule has 1 aliphatic heterocycles. The van der Waals surface area contributed by atoms with Crippen LogP contribution in [-0.4, -0.2) is 56.0 Å². The summed E-state index contributed by atoms with van der Waals surface area (Å²) in [6, 6.07) is 5.58. The zero-order valence-electron chi connectivity index (χ0n) is 16.9. The first-order valence-electron chi connectivity index (χ1n) is 9.51. The third-order valence-corrected chi connectivity index (χ3v) is 6.21. The molecule has 2 aromatic rings. The maximum absolute atomic E-state index is 12.4. The summed E-state index contributed by atoms with van der Waals surface area (Å²) in [6.45, 7) is 7.64. The number of esters is 1. The first-order valence-corrected chi connectivity index (χ1v) is 10.3. The lowest BCUT2D eigenvalue weighted by molar-refractivity contribution is 0.0600. The monoisotopic (exact) mass is 401 g/mol. The van der Waals surface area contributed by atoms with E-state index in [1.54, 1.807) is 12.3 Å². The van der Waals surface area contributed by atoms with E-state index in [0.717, 1.165) is 48.7 Å². The highest BCUT2D eigenvalue weighted by Crippen LogP contribution is 2.39. The van der Waals surface area contributed by atoms with Crippen molar-refractivity contribution in [1.29, 1.82) is 0 Å². The summed E-state index contributed by atoms with van der Waals surface area (Å²) in [5.74, 6) is -0.177. The van der Waals surface area contributed by atoms with Gasteiger partial charge in [0, 0.05) is 54.6 Å². The van der Waals surface area contributed by atoms with Gasteiger partial charge in [-0.2, -0.15) is 0 Å². The molecule has 0 saturated heterocycles. The molecule has 0 aliphatic carbocycles. The summed E-state index contributed by atoms with van der Waals surface area (Å²) in [4.78, 5) is 22.5. The average Bonchev–Trinajstić information content (AvgIpc) is 3.05. The maximum Gasteiger partial charge on any atom is 0.341 e. The molecule has 0 amide bonds. The van der Waals surface area contributed by atoms with Gasteiger partial charge in [0.1, 0.15) is 10.8 Å². The van der Waals surface area contributed by atoms with Gasteiger partial charge in [-0.1, -0.05) is 0 Å². The minimum absolute atomic E-state index is 0.175. The molecule has 3 rings (SSSR count). The van der Waals surface area contributed by atoms with Gasteiger partial charge in [0.15, 0.2) is 0 Å². The highest BCUT2D eigenvalue weighted by atomic mass is 32.1. The fraction of sp³-hybridized carbons (Fsp3) is 0.429. The smallest absolute Gasteiger partial charge is 0.341 e. The Morgan fingerprint density at radius 3 is 2.79 bits per heavy atom. The fourth-order valence-corrected chi connectivity index (χ4v) is 4.73. The maximum atomic E-state index is 12.4. The Bertz CT molecular complexity index is 887. The number of aliphatic imine (C=N–C) groups is 1. The zero-order chi connectivity index (χ0) is 20.3. The lowest BCUT2D eigenvalue weighted by Crippen LogP contribution is -2.26. The number of carbonyl (C=O) groups excluding carboxylic acids is 1. The highest BCUT2D eigenvalue weighted by molar-refractivity contribution is 7.16. The zero-order valence-corrected chi connectivity index (χ0v) is 17.7. The molecule has 0 bridgehead atoms. The number of rotatable bonds is 6. The second kappa shape index (κ2) is 8.75. The molecule has 150 valence electrons. The molecule has 0 spiro atoms. The Labute approximate surface area is 170 Å². The second-order valence-electron chi connectivity index (χ2n) is 6.84. The van der Waals surface area contributed by atoms with E-state index in [1.165, 1.54) is 18.4 Å². The van der Waals surface area contributed by atoms with Crippen molar-refractivity contribution in [3.05, 3.63) is 39.8 Å². The van der Waals surface area contributed by atoms with Crippen molar-refractivity contribution >= 4 is 34.2 Å².